The Morgan fingerprint density at radius 1 is 1.38 bits per heavy atom. The van der Waals surface area contributed by atoms with E-state index in [0.717, 1.165) is 4.88 Å². The zero-order chi connectivity index (χ0) is 17.7. The number of carboxylic acids is 1. The summed E-state index contributed by atoms with van der Waals surface area (Å²) >= 11 is 1.46. The van der Waals surface area contributed by atoms with Crippen molar-refractivity contribution in [2.24, 2.45) is 0 Å². The van der Waals surface area contributed by atoms with Crippen LogP contribution in [-0.2, 0) is 16.1 Å². The van der Waals surface area contributed by atoms with Gasteiger partial charge in [0.05, 0.1) is 19.0 Å². The molecular formula is C16H18N2O5S. The highest BCUT2D eigenvalue weighted by Crippen LogP contribution is 2.22. The number of aryl methyl sites for hydroxylation is 1. The van der Waals surface area contributed by atoms with E-state index in [2.05, 4.69) is 10.6 Å². The summed E-state index contributed by atoms with van der Waals surface area (Å²) in [5.74, 6) is -0.897. The molecule has 0 radical (unpaired) electrons. The molecule has 0 saturated heterocycles. The van der Waals surface area contributed by atoms with Gasteiger partial charge in [-0.1, -0.05) is 6.07 Å². The fraction of sp³-hybridized carbons (Fsp3) is 0.312. The number of thiophene rings is 1. The summed E-state index contributed by atoms with van der Waals surface area (Å²) < 4.78 is 5.30. The lowest BCUT2D eigenvalue weighted by molar-refractivity contribution is -0.123. The molecule has 1 unspecified atom stereocenters. The molecule has 0 aliphatic rings. The van der Waals surface area contributed by atoms with Crippen LogP contribution in [0.2, 0.25) is 0 Å². The molecule has 0 aliphatic heterocycles. The van der Waals surface area contributed by atoms with Crippen LogP contribution in [0.15, 0.2) is 28.0 Å². The Bertz CT molecular complexity index is 736. The molecule has 24 heavy (non-hydrogen) atoms. The number of carboxylic acid groups (broad SMARTS) is 1. The monoisotopic (exact) mass is 350 g/mol. The van der Waals surface area contributed by atoms with E-state index in [1.807, 2.05) is 17.5 Å². The zero-order valence-electron chi connectivity index (χ0n) is 13.3. The van der Waals surface area contributed by atoms with Crippen LogP contribution in [0, 0.1) is 6.92 Å². The standard InChI is InChI=1S/C16H18N2O5S/c1-9-12(16(21)22)6-11(23-9)8-17-15(20)7-13(18-10(2)19)14-4-3-5-24-14/h3-6,13H,7-8H2,1-2H3,(H,17,20)(H,18,19)(H,21,22). The van der Waals surface area contributed by atoms with Gasteiger partial charge in [0.25, 0.3) is 0 Å². The average molecular weight is 350 g/mol. The Labute approximate surface area is 142 Å². The van der Waals surface area contributed by atoms with E-state index in [9.17, 15) is 14.4 Å². The molecule has 0 aliphatic carbocycles. The summed E-state index contributed by atoms with van der Waals surface area (Å²) in [5.41, 5.74) is 0.0777. The van der Waals surface area contributed by atoms with Crippen LogP contribution in [0.4, 0.5) is 0 Å². The maximum atomic E-state index is 12.1. The van der Waals surface area contributed by atoms with Gasteiger partial charge in [-0.05, 0) is 24.4 Å². The summed E-state index contributed by atoms with van der Waals surface area (Å²) in [7, 11) is 0. The van der Waals surface area contributed by atoms with E-state index in [0.29, 0.717) is 11.5 Å². The summed E-state index contributed by atoms with van der Waals surface area (Å²) in [6.45, 7) is 3.04. The SMILES string of the molecule is CC(=O)NC(CC(=O)NCc1cc(C(=O)O)c(C)o1)c1cccs1. The van der Waals surface area contributed by atoms with Gasteiger partial charge >= 0.3 is 5.97 Å². The van der Waals surface area contributed by atoms with Crippen molar-refractivity contribution in [3.05, 3.63) is 45.5 Å². The first-order chi connectivity index (χ1) is 11.4. The lowest BCUT2D eigenvalue weighted by atomic mass is 10.1. The molecule has 0 spiro atoms. The molecule has 2 amide bonds. The molecule has 128 valence electrons. The average Bonchev–Trinajstić information content (AvgIpc) is 3.13. The predicted octanol–water partition coefficient (Wildman–Crippen LogP) is 2.23. The van der Waals surface area contributed by atoms with Crippen molar-refractivity contribution in [3.63, 3.8) is 0 Å². The van der Waals surface area contributed by atoms with Crippen molar-refractivity contribution < 1.29 is 23.9 Å². The molecule has 2 aromatic heterocycles. The number of rotatable bonds is 7. The van der Waals surface area contributed by atoms with Gasteiger partial charge in [-0.15, -0.1) is 11.3 Å². The van der Waals surface area contributed by atoms with Gasteiger partial charge in [0.15, 0.2) is 0 Å². The topological polar surface area (TPSA) is 109 Å². The Morgan fingerprint density at radius 2 is 2.12 bits per heavy atom. The lowest BCUT2D eigenvalue weighted by Gasteiger charge is -2.16. The number of furan rings is 1. The Balaban J connectivity index is 1.95. The van der Waals surface area contributed by atoms with Crippen molar-refractivity contribution in [3.8, 4) is 0 Å². The lowest BCUT2D eigenvalue weighted by Crippen LogP contribution is -2.32. The van der Waals surface area contributed by atoms with E-state index in [1.54, 1.807) is 6.92 Å². The van der Waals surface area contributed by atoms with Gasteiger partial charge in [-0.2, -0.15) is 0 Å². The number of carbonyl (C=O) groups is 3. The van der Waals surface area contributed by atoms with Crippen LogP contribution in [0.25, 0.3) is 0 Å². The third kappa shape index (κ3) is 4.69. The molecule has 8 heteroatoms. The zero-order valence-corrected chi connectivity index (χ0v) is 14.1. The highest BCUT2D eigenvalue weighted by molar-refractivity contribution is 7.10. The number of hydrogen-bond donors (Lipinski definition) is 3. The van der Waals surface area contributed by atoms with Crippen molar-refractivity contribution in [2.75, 3.05) is 0 Å². The van der Waals surface area contributed by atoms with Crippen LogP contribution >= 0.6 is 11.3 Å². The van der Waals surface area contributed by atoms with Gasteiger partial charge in [-0.25, -0.2) is 4.79 Å². The van der Waals surface area contributed by atoms with Crippen LogP contribution in [-0.4, -0.2) is 22.9 Å². The van der Waals surface area contributed by atoms with Gasteiger partial charge in [0.1, 0.15) is 17.1 Å². The quantitative estimate of drug-likeness (QED) is 0.709. The van der Waals surface area contributed by atoms with Crippen molar-refractivity contribution >= 4 is 29.1 Å². The molecule has 2 aromatic rings. The third-order valence-corrected chi connectivity index (χ3v) is 4.30. The summed E-state index contributed by atoms with van der Waals surface area (Å²) in [4.78, 5) is 35.3. The number of hydrogen-bond acceptors (Lipinski definition) is 5. The Hall–Kier alpha value is -2.61. The van der Waals surface area contributed by atoms with Gasteiger partial charge in [-0.3, -0.25) is 9.59 Å². The molecule has 1 atom stereocenters. The molecule has 0 fully saturated rings. The molecule has 0 saturated carbocycles. The maximum absolute atomic E-state index is 12.1. The number of aromatic carboxylic acids is 1. The largest absolute Gasteiger partial charge is 0.478 e. The summed E-state index contributed by atoms with van der Waals surface area (Å²) in [6.07, 6.45) is 0.0889. The first kappa shape index (κ1) is 17.7. The van der Waals surface area contributed by atoms with Crippen LogP contribution in [0.5, 0.6) is 0 Å². The summed E-state index contributed by atoms with van der Waals surface area (Å²) in [6, 6.07) is 4.71. The first-order valence-corrected chi connectivity index (χ1v) is 8.14. The Kier molecular flexibility index (Phi) is 5.75. The summed E-state index contributed by atoms with van der Waals surface area (Å²) in [5, 5.41) is 16.3. The van der Waals surface area contributed by atoms with Gasteiger partial charge in [0, 0.05) is 11.8 Å². The van der Waals surface area contributed by atoms with Crippen molar-refractivity contribution in [1.29, 1.82) is 0 Å². The molecule has 2 rings (SSSR count). The molecule has 3 N–H and O–H groups in total. The second-order valence-electron chi connectivity index (χ2n) is 5.24. The first-order valence-electron chi connectivity index (χ1n) is 7.26. The van der Waals surface area contributed by atoms with Gasteiger partial charge in [0.2, 0.25) is 11.8 Å². The highest BCUT2D eigenvalue weighted by atomic mass is 32.1. The molecule has 0 aromatic carbocycles. The number of amides is 2. The minimum atomic E-state index is -1.07. The molecule has 0 bridgehead atoms. The predicted molar refractivity (Wildman–Crippen MR) is 87.7 cm³/mol. The number of nitrogens with one attached hydrogen (secondary N) is 2. The van der Waals surface area contributed by atoms with Crippen molar-refractivity contribution in [2.45, 2.75) is 32.9 Å². The van der Waals surface area contributed by atoms with E-state index in [4.69, 9.17) is 9.52 Å². The minimum absolute atomic E-state index is 0.0777. The molecule has 2 heterocycles. The minimum Gasteiger partial charge on any atom is -0.478 e. The number of carbonyl (C=O) groups excluding carboxylic acids is 2. The van der Waals surface area contributed by atoms with Crippen LogP contribution in [0.3, 0.4) is 0 Å². The molecular weight excluding hydrogens is 332 g/mol. The van der Waals surface area contributed by atoms with Gasteiger partial charge < -0.3 is 20.2 Å². The second kappa shape index (κ2) is 7.78. The third-order valence-electron chi connectivity index (χ3n) is 3.31. The maximum Gasteiger partial charge on any atom is 0.339 e. The van der Waals surface area contributed by atoms with E-state index in [1.165, 1.54) is 24.3 Å². The van der Waals surface area contributed by atoms with Crippen molar-refractivity contribution in [1.82, 2.24) is 10.6 Å². The fourth-order valence-corrected chi connectivity index (χ4v) is 3.02. The van der Waals surface area contributed by atoms with E-state index < -0.39 is 12.0 Å². The highest BCUT2D eigenvalue weighted by Gasteiger charge is 2.19. The van der Waals surface area contributed by atoms with Crippen LogP contribution < -0.4 is 10.6 Å². The second-order valence-corrected chi connectivity index (χ2v) is 6.22. The van der Waals surface area contributed by atoms with E-state index >= 15 is 0 Å². The fourth-order valence-electron chi connectivity index (χ4n) is 2.24. The molecule has 7 nitrogen and oxygen atoms in total. The smallest absolute Gasteiger partial charge is 0.339 e. The van der Waals surface area contributed by atoms with E-state index in [-0.39, 0.29) is 30.3 Å². The van der Waals surface area contributed by atoms with Crippen LogP contribution in [0.1, 0.15) is 46.1 Å². The normalized spacial score (nSPS) is 11.8. The Morgan fingerprint density at radius 3 is 2.67 bits per heavy atom.